The second kappa shape index (κ2) is 8.04. The number of halogens is 1. The minimum atomic E-state index is -3.72. The molecule has 0 bridgehead atoms. The van der Waals surface area contributed by atoms with E-state index in [1.807, 2.05) is 23.7 Å². The average molecular weight is 458 g/mol. The van der Waals surface area contributed by atoms with Crippen molar-refractivity contribution in [3.05, 3.63) is 65.1 Å². The molecule has 2 heterocycles. The molecular weight excluding hydrogens is 434 g/mol. The van der Waals surface area contributed by atoms with Gasteiger partial charge >= 0.3 is 0 Å². The van der Waals surface area contributed by atoms with Crippen molar-refractivity contribution >= 4 is 21.7 Å². The van der Waals surface area contributed by atoms with Gasteiger partial charge < -0.3 is 0 Å². The van der Waals surface area contributed by atoms with Gasteiger partial charge in [0.1, 0.15) is 5.15 Å². The van der Waals surface area contributed by atoms with Crippen molar-refractivity contribution in [3.8, 4) is 11.3 Å². The predicted molar refractivity (Wildman–Crippen MR) is 119 cm³/mol. The summed E-state index contributed by atoms with van der Waals surface area (Å²) in [5.41, 5.74) is 4.00. The molecule has 2 aliphatic rings. The number of benzene rings is 1. The number of rotatable bonds is 7. The Kier molecular flexibility index (Phi) is 5.36. The van der Waals surface area contributed by atoms with Gasteiger partial charge in [-0.15, -0.1) is 0 Å². The van der Waals surface area contributed by atoms with Crippen LogP contribution in [0.25, 0.3) is 11.3 Å². The fraction of sp³-hybridized carbons (Fsp3) is 0.391. The second-order valence-corrected chi connectivity index (χ2v) is 10.6. The van der Waals surface area contributed by atoms with Crippen LogP contribution in [-0.4, -0.2) is 29.8 Å². The predicted octanol–water partition coefficient (Wildman–Crippen LogP) is 5.14. The van der Waals surface area contributed by atoms with Crippen LogP contribution < -0.4 is 0 Å². The zero-order chi connectivity index (χ0) is 21.6. The highest BCUT2D eigenvalue weighted by Gasteiger charge is 2.36. The Balaban J connectivity index is 1.24. The molecule has 0 amide bonds. The molecular formula is C23H24ClN3O3S. The number of nitrogens with zero attached hydrogens (tertiary/aromatic N) is 3. The Hall–Kier alpha value is -2.22. The first kappa shape index (κ1) is 20.7. The summed E-state index contributed by atoms with van der Waals surface area (Å²) in [7, 11) is -3.72. The first-order valence-electron chi connectivity index (χ1n) is 10.6. The molecule has 3 aromatic rings. The quantitative estimate of drug-likeness (QED) is 0.362. The molecule has 0 unspecified atom stereocenters. The summed E-state index contributed by atoms with van der Waals surface area (Å²) in [5, 5.41) is 5.35. The van der Waals surface area contributed by atoms with Crippen molar-refractivity contribution in [1.29, 1.82) is 0 Å². The molecule has 31 heavy (non-hydrogen) atoms. The molecule has 0 N–H and O–H groups in total. The number of hydrogen-bond acceptors (Lipinski definition) is 5. The van der Waals surface area contributed by atoms with Crippen molar-refractivity contribution in [2.45, 2.75) is 49.5 Å². The molecule has 162 valence electrons. The standard InChI is InChI=1S/C23H24ClN3O3S/c1-15-5-9-19(10-6-15)31(28,29)30-14-16-11-18(12-16)27-13-20(23(26-27)17-7-8-17)21-3-2-4-22(24)25-21/h2-6,9-10,13,16-18H,7-8,11-12,14H2,1H3/t16-,18+. The number of pyridine rings is 1. The molecule has 0 atom stereocenters. The van der Waals surface area contributed by atoms with Crippen LogP contribution in [0.2, 0.25) is 5.15 Å². The average Bonchev–Trinajstić information content (AvgIpc) is 3.46. The smallest absolute Gasteiger partial charge is 0.269 e. The minimum absolute atomic E-state index is 0.201. The third-order valence-corrected chi connectivity index (χ3v) is 7.58. The van der Waals surface area contributed by atoms with E-state index >= 15 is 0 Å². The molecule has 2 aliphatic carbocycles. The molecule has 0 aliphatic heterocycles. The summed E-state index contributed by atoms with van der Waals surface area (Å²) >= 11 is 6.09. The fourth-order valence-electron chi connectivity index (χ4n) is 4.02. The molecule has 6 nitrogen and oxygen atoms in total. The number of aryl methyl sites for hydroxylation is 1. The van der Waals surface area contributed by atoms with Crippen LogP contribution >= 0.6 is 11.6 Å². The summed E-state index contributed by atoms with van der Waals surface area (Å²) in [4.78, 5) is 4.66. The van der Waals surface area contributed by atoms with Gasteiger partial charge in [-0.2, -0.15) is 13.5 Å². The highest BCUT2D eigenvalue weighted by Crippen LogP contribution is 2.45. The Labute approximate surface area is 187 Å². The van der Waals surface area contributed by atoms with Crippen LogP contribution in [0.5, 0.6) is 0 Å². The van der Waals surface area contributed by atoms with Gasteiger partial charge in [0.05, 0.1) is 28.9 Å². The van der Waals surface area contributed by atoms with E-state index in [1.165, 1.54) is 0 Å². The largest absolute Gasteiger partial charge is 0.296 e. The van der Waals surface area contributed by atoms with Crippen molar-refractivity contribution in [2.75, 3.05) is 6.61 Å². The molecule has 2 saturated carbocycles. The zero-order valence-electron chi connectivity index (χ0n) is 17.2. The lowest BCUT2D eigenvalue weighted by molar-refractivity contribution is 0.120. The van der Waals surface area contributed by atoms with E-state index in [0.29, 0.717) is 11.1 Å². The van der Waals surface area contributed by atoms with E-state index < -0.39 is 10.1 Å². The summed E-state index contributed by atoms with van der Waals surface area (Å²) in [6.45, 7) is 2.12. The lowest BCUT2D eigenvalue weighted by Crippen LogP contribution is -2.31. The second-order valence-electron chi connectivity index (χ2n) is 8.57. The highest BCUT2D eigenvalue weighted by atomic mass is 35.5. The van der Waals surface area contributed by atoms with Gasteiger partial charge in [-0.1, -0.05) is 35.4 Å². The van der Waals surface area contributed by atoms with Gasteiger partial charge in [0.15, 0.2) is 0 Å². The SMILES string of the molecule is Cc1ccc(S(=O)(=O)OC[C@H]2C[C@@H](n3cc(-c4cccc(Cl)n4)c(C4CC4)n3)C2)cc1. The molecule has 0 spiro atoms. The summed E-state index contributed by atoms with van der Waals surface area (Å²) < 4.78 is 32.1. The lowest BCUT2D eigenvalue weighted by Gasteiger charge is -2.34. The molecule has 2 fully saturated rings. The van der Waals surface area contributed by atoms with E-state index in [9.17, 15) is 8.42 Å². The molecule has 2 aromatic heterocycles. The topological polar surface area (TPSA) is 74.1 Å². The summed E-state index contributed by atoms with van der Waals surface area (Å²) in [5.74, 6) is 0.697. The Morgan fingerprint density at radius 2 is 1.87 bits per heavy atom. The maximum absolute atomic E-state index is 12.4. The van der Waals surface area contributed by atoms with Crippen LogP contribution in [0.4, 0.5) is 0 Å². The first-order valence-corrected chi connectivity index (χ1v) is 12.4. The van der Waals surface area contributed by atoms with Crippen molar-refractivity contribution in [2.24, 2.45) is 5.92 Å². The van der Waals surface area contributed by atoms with Crippen LogP contribution in [0, 0.1) is 12.8 Å². The van der Waals surface area contributed by atoms with Crippen molar-refractivity contribution in [1.82, 2.24) is 14.8 Å². The first-order chi connectivity index (χ1) is 14.9. The van der Waals surface area contributed by atoms with Gasteiger partial charge in [-0.05, 0) is 62.8 Å². The van der Waals surface area contributed by atoms with E-state index in [-0.39, 0.29) is 23.5 Å². The van der Waals surface area contributed by atoms with Crippen LogP contribution in [0.1, 0.15) is 48.9 Å². The molecule has 0 saturated heterocycles. The van der Waals surface area contributed by atoms with Gasteiger partial charge in [-0.25, -0.2) is 4.98 Å². The van der Waals surface area contributed by atoms with Gasteiger partial charge in [0.25, 0.3) is 10.1 Å². The van der Waals surface area contributed by atoms with Gasteiger partial charge in [0.2, 0.25) is 0 Å². The van der Waals surface area contributed by atoms with E-state index in [2.05, 4.69) is 11.2 Å². The van der Waals surface area contributed by atoms with E-state index in [4.69, 9.17) is 20.9 Å². The molecule has 0 radical (unpaired) electrons. The third kappa shape index (κ3) is 4.40. The molecule has 5 rings (SSSR count). The maximum Gasteiger partial charge on any atom is 0.296 e. The van der Waals surface area contributed by atoms with Gasteiger partial charge in [-0.3, -0.25) is 8.86 Å². The Bertz CT molecular complexity index is 1200. The van der Waals surface area contributed by atoms with Crippen molar-refractivity contribution in [3.63, 3.8) is 0 Å². The third-order valence-electron chi connectivity index (χ3n) is 6.07. The van der Waals surface area contributed by atoms with Crippen LogP contribution in [0.15, 0.2) is 53.6 Å². The Morgan fingerprint density at radius 1 is 1.13 bits per heavy atom. The minimum Gasteiger partial charge on any atom is -0.269 e. The lowest BCUT2D eigenvalue weighted by atomic mass is 9.81. The van der Waals surface area contributed by atoms with Gasteiger partial charge in [0, 0.05) is 17.7 Å². The van der Waals surface area contributed by atoms with Crippen LogP contribution in [0.3, 0.4) is 0 Å². The Morgan fingerprint density at radius 3 is 2.55 bits per heavy atom. The van der Waals surface area contributed by atoms with Crippen LogP contribution in [-0.2, 0) is 14.3 Å². The molecule has 1 aromatic carbocycles. The highest BCUT2D eigenvalue weighted by molar-refractivity contribution is 7.86. The number of hydrogen-bond donors (Lipinski definition) is 0. The normalized spacial score (nSPS) is 21.1. The summed E-state index contributed by atoms with van der Waals surface area (Å²) in [6.07, 6.45) is 6.07. The number of aromatic nitrogens is 3. The van der Waals surface area contributed by atoms with E-state index in [0.717, 1.165) is 48.2 Å². The fourth-order valence-corrected chi connectivity index (χ4v) is 5.16. The zero-order valence-corrected chi connectivity index (χ0v) is 18.8. The summed E-state index contributed by atoms with van der Waals surface area (Å²) in [6, 6.07) is 12.6. The monoisotopic (exact) mass is 457 g/mol. The maximum atomic E-state index is 12.4. The van der Waals surface area contributed by atoms with Crippen molar-refractivity contribution < 1.29 is 12.6 Å². The molecule has 8 heteroatoms. The van der Waals surface area contributed by atoms with E-state index in [1.54, 1.807) is 30.3 Å².